The van der Waals surface area contributed by atoms with E-state index in [0.29, 0.717) is 50.0 Å². The second-order valence-electron chi connectivity index (χ2n) is 8.78. The molecule has 0 atom stereocenters. The Bertz CT molecular complexity index is 1170. The van der Waals surface area contributed by atoms with E-state index in [0.717, 1.165) is 40.7 Å². The van der Waals surface area contributed by atoms with Crippen LogP contribution in [0.4, 0.5) is 0 Å². The molecule has 0 fully saturated rings. The van der Waals surface area contributed by atoms with Gasteiger partial charge in [-0.05, 0) is 111 Å². The highest BCUT2D eigenvalue weighted by Crippen LogP contribution is 2.21. The summed E-state index contributed by atoms with van der Waals surface area (Å²) in [7, 11) is 0. The lowest BCUT2D eigenvalue weighted by Crippen LogP contribution is -2.15. The number of nitrogens with two attached hydrogens (primary N) is 1. The Kier molecular flexibility index (Phi) is 14.2. The lowest BCUT2D eigenvalue weighted by atomic mass is 9.93. The zero-order valence-electron chi connectivity index (χ0n) is 23.5. The van der Waals surface area contributed by atoms with Crippen molar-refractivity contribution in [1.82, 2.24) is 0 Å². The highest BCUT2D eigenvalue weighted by molar-refractivity contribution is 5.97. The number of oxime groups is 1. The number of carbonyl (C=O) groups is 2. The van der Waals surface area contributed by atoms with Gasteiger partial charge in [-0.15, -0.1) is 0 Å². The van der Waals surface area contributed by atoms with Crippen LogP contribution in [0, 0.1) is 25.2 Å². The SMILES string of the molecule is CCOC(=O)CCc1c(C)cc(C#N)cc1CC.CCOC(=O)CCc1c(C)cc(C(N)=NO)cc1CC. The zero-order valence-corrected chi connectivity index (χ0v) is 23.5. The van der Waals surface area contributed by atoms with Crippen molar-refractivity contribution in [3.63, 3.8) is 0 Å². The second kappa shape index (κ2) is 16.8. The van der Waals surface area contributed by atoms with Crippen LogP contribution in [0.15, 0.2) is 29.4 Å². The average molecular weight is 524 g/mol. The molecule has 2 aromatic carbocycles. The number of aryl methyl sites for hydroxylation is 4. The summed E-state index contributed by atoms with van der Waals surface area (Å²) in [6.07, 6.45) is 3.78. The van der Waals surface area contributed by atoms with Gasteiger partial charge in [0.1, 0.15) is 0 Å². The van der Waals surface area contributed by atoms with Crippen molar-refractivity contribution in [2.45, 2.75) is 80.1 Å². The van der Waals surface area contributed by atoms with E-state index < -0.39 is 0 Å². The molecule has 0 spiro atoms. The Morgan fingerprint density at radius 3 is 1.76 bits per heavy atom. The second-order valence-corrected chi connectivity index (χ2v) is 8.78. The Balaban J connectivity index is 0.000000382. The van der Waals surface area contributed by atoms with E-state index in [9.17, 15) is 9.59 Å². The molecule has 0 aliphatic rings. The van der Waals surface area contributed by atoms with Gasteiger partial charge in [0.05, 0.1) is 24.8 Å². The summed E-state index contributed by atoms with van der Waals surface area (Å²) < 4.78 is 9.88. The van der Waals surface area contributed by atoms with Crippen molar-refractivity contribution in [2.75, 3.05) is 13.2 Å². The third-order valence-electron chi connectivity index (χ3n) is 6.19. The van der Waals surface area contributed by atoms with Crippen LogP contribution in [0.5, 0.6) is 0 Å². The number of esters is 2. The van der Waals surface area contributed by atoms with Crippen LogP contribution >= 0.6 is 0 Å². The fourth-order valence-corrected chi connectivity index (χ4v) is 4.32. The van der Waals surface area contributed by atoms with Gasteiger partial charge >= 0.3 is 11.9 Å². The van der Waals surface area contributed by atoms with E-state index >= 15 is 0 Å². The van der Waals surface area contributed by atoms with Gasteiger partial charge in [-0.3, -0.25) is 9.59 Å². The summed E-state index contributed by atoms with van der Waals surface area (Å²) in [4.78, 5) is 22.8. The van der Waals surface area contributed by atoms with E-state index in [1.54, 1.807) is 6.92 Å². The molecule has 8 heteroatoms. The monoisotopic (exact) mass is 523 g/mol. The molecule has 0 saturated carbocycles. The molecule has 2 rings (SSSR count). The van der Waals surface area contributed by atoms with Crippen LogP contribution in [0.25, 0.3) is 0 Å². The normalized spacial score (nSPS) is 10.7. The predicted molar refractivity (Wildman–Crippen MR) is 148 cm³/mol. The Morgan fingerprint density at radius 2 is 1.34 bits per heavy atom. The first-order valence-electron chi connectivity index (χ1n) is 13.1. The molecule has 0 bridgehead atoms. The molecule has 8 nitrogen and oxygen atoms in total. The van der Waals surface area contributed by atoms with Gasteiger partial charge in [0.25, 0.3) is 0 Å². The summed E-state index contributed by atoms with van der Waals surface area (Å²) in [5.74, 6) is -0.252. The molecule has 38 heavy (non-hydrogen) atoms. The van der Waals surface area contributed by atoms with Crippen LogP contribution < -0.4 is 5.73 Å². The van der Waals surface area contributed by atoms with Crippen LogP contribution in [-0.2, 0) is 44.7 Å². The number of rotatable bonds is 11. The lowest BCUT2D eigenvalue weighted by Gasteiger charge is -2.13. The van der Waals surface area contributed by atoms with Crippen molar-refractivity contribution >= 4 is 17.8 Å². The molecular formula is C30H41N3O5. The number of amidine groups is 1. The highest BCUT2D eigenvalue weighted by Gasteiger charge is 2.12. The molecule has 0 aromatic heterocycles. The van der Waals surface area contributed by atoms with Crippen LogP contribution in [0.2, 0.25) is 0 Å². The van der Waals surface area contributed by atoms with Gasteiger partial charge in [0.15, 0.2) is 5.84 Å². The molecule has 206 valence electrons. The van der Waals surface area contributed by atoms with Crippen molar-refractivity contribution in [2.24, 2.45) is 10.9 Å². The van der Waals surface area contributed by atoms with Crippen LogP contribution in [0.3, 0.4) is 0 Å². The Hall–Kier alpha value is -3.86. The van der Waals surface area contributed by atoms with E-state index in [4.69, 9.17) is 25.7 Å². The van der Waals surface area contributed by atoms with Gasteiger partial charge < -0.3 is 20.4 Å². The topological polar surface area (TPSA) is 135 Å². The van der Waals surface area contributed by atoms with Crippen molar-refractivity contribution < 1.29 is 24.3 Å². The standard InChI is InChI=1S/C15H22N2O3.C15H19NO2/c1-4-11-9-12(15(16)17-19)8-10(3)13(11)6-7-14(18)20-5-2;1-4-13-9-12(10-16)8-11(3)14(13)6-7-15(17)18-5-2/h8-9,19H,4-7H2,1-3H3,(H2,16,17);8-9H,4-7H2,1-3H3. The Morgan fingerprint density at radius 1 is 0.868 bits per heavy atom. The minimum absolute atomic E-state index is 0.0970. The molecule has 3 N–H and O–H groups in total. The van der Waals surface area contributed by atoms with E-state index in [-0.39, 0.29) is 17.8 Å². The van der Waals surface area contributed by atoms with Crippen LogP contribution in [0.1, 0.15) is 85.0 Å². The van der Waals surface area contributed by atoms with Gasteiger partial charge in [-0.25, -0.2) is 0 Å². The Labute approximate surface area is 226 Å². The smallest absolute Gasteiger partial charge is 0.306 e. The maximum absolute atomic E-state index is 11.5. The minimum atomic E-state index is -0.186. The maximum Gasteiger partial charge on any atom is 0.306 e. The van der Waals surface area contributed by atoms with E-state index in [1.807, 2.05) is 52.0 Å². The number of nitriles is 1. The third-order valence-corrected chi connectivity index (χ3v) is 6.19. The number of hydrogen-bond donors (Lipinski definition) is 2. The summed E-state index contributed by atoms with van der Waals surface area (Å²) in [6.45, 7) is 12.5. The van der Waals surface area contributed by atoms with Crippen molar-refractivity contribution in [3.8, 4) is 6.07 Å². The van der Waals surface area contributed by atoms with E-state index in [2.05, 4.69) is 18.1 Å². The van der Waals surface area contributed by atoms with E-state index in [1.165, 1.54) is 5.56 Å². The molecule has 0 amide bonds. The first-order chi connectivity index (χ1) is 18.1. The zero-order chi connectivity index (χ0) is 28.7. The summed E-state index contributed by atoms with van der Waals surface area (Å²) in [5, 5.41) is 20.7. The molecule has 0 radical (unpaired) electrons. The van der Waals surface area contributed by atoms with Crippen LogP contribution in [-0.4, -0.2) is 36.2 Å². The first-order valence-corrected chi connectivity index (χ1v) is 13.1. The number of ether oxygens (including phenoxy) is 2. The average Bonchev–Trinajstić information content (AvgIpc) is 2.90. The number of nitrogens with zero attached hydrogens (tertiary/aromatic N) is 2. The summed E-state index contributed by atoms with van der Waals surface area (Å²) in [6, 6.07) is 9.72. The molecule has 0 aliphatic heterocycles. The molecule has 2 aromatic rings. The first kappa shape index (κ1) is 32.2. The summed E-state index contributed by atoms with van der Waals surface area (Å²) >= 11 is 0. The number of carbonyl (C=O) groups excluding carboxylic acids is 2. The molecule has 0 unspecified atom stereocenters. The van der Waals surface area contributed by atoms with Crippen molar-refractivity contribution in [1.29, 1.82) is 5.26 Å². The maximum atomic E-state index is 11.5. The molecule has 0 heterocycles. The predicted octanol–water partition coefficient (Wildman–Crippen LogP) is 5.07. The van der Waals surface area contributed by atoms with Crippen molar-refractivity contribution in [3.05, 3.63) is 68.8 Å². The minimum Gasteiger partial charge on any atom is -0.466 e. The van der Waals surface area contributed by atoms with Gasteiger partial charge in [-0.2, -0.15) is 5.26 Å². The molecule has 0 aliphatic carbocycles. The molecular weight excluding hydrogens is 482 g/mol. The molecule has 0 saturated heterocycles. The van der Waals surface area contributed by atoms with Gasteiger partial charge in [0, 0.05) is 18.4 Å². The fraction of sp³-hybridized carbons (Fsp3) is 0.467. The number of benzene rings is 2. The quantitative estimate of drug-likeness (QED) is 0.138. The highest BCUT2D eigenvalue weighted by atomic mass is 16.5. The van der Waals surface area contributed by atoms with Gasteiger partial charge in [0.2, 0.25) is 0 Å². The largest absolute Gasteiger partial charge is 0.466 e. The fourth-order valence-electron chi connectivity index (χ4n) is 4.32. The third kappa shape index (κ3) is 9.89. The summed E-state index contributed by atoms with van der Waals surface area (Å²) in [5.41, 5.74) is 13.7. The van der Waals surface area contributed by atoms with Gasteiger partial charge in [-0.1, -0.05) is 19.0 Å². The number of hydrogen-bond acceptors (Lipinski definition) is 7. The lowest BCUT2D eigenvalue weighted by molar-refractivity contribution is -0.144.